The summed E-state index contributed by atoms with van der Waals surface area (Å²) in [5.74, 6) is -2.75. The average molecular weight is 563 g/mol. The highest BCUT2D eigenvalue weighted by atomic mass is 19.4. The molecule has 0 bridgehead atoms. The summed E-state index contributed by atoms with van der Waals surface area (Å²) in [7, 11) is 1.29. The van der Waals surface area contributed by atoms with E-state index in [-0.39, 0.29) is 43.5 Å². The van der Waals surface area contributed by atoms with Crippen LogP contribution >= 0.6 is 0 Å². The van der Waals surface area contributed by atoms with Crippen LogP contribution in [0.25, 0.3) is 0 Å². The summed E-state index contributed by atoms with van der Waals surface area (Å²) in [6.45, 7) is 2.82. The fourth-order valence-corrected chi connectivity index (χ4v) is 4.97. The predicted octanol–water partition coefficient (Wildman–Crippen LogP) is 5.53. The number of likely N-dealkylation sites (tertiary alicyclic amines) is 1. The number of piperidine rings is 1. The number of rotatable bonds is 6. The van der Waals surface area contributed by atoms with E-state index in [4.69, 9.17) is 0 Å². The van der Waals surface area contributed by atoms with Crippen LogP contribution in [0.15, 0.2) is 36.4 Å². The maximum absolute atomic E-state index is 13.8. The molecule has 3 atom stereocenters. The molecule has 2 amide bonds. The summed E-state index contributed by atoms with van der Waals surface area (Å²) >= 11 is 0. The van der Waals surface area contributed by atoms with Crippen molar-refractivity contribution in [1.29, 1.82) is 0 Å². The molecule has 1 heterocycles. The van der Waals surface area contributed by atoms with Crippen molar-refractivity contribution in [3.8, 4) is 0 Å². The molecule has 0 aromatic heterocycles. The van der Waals surface area contributed by atoms with Crippen molar-refractivity contribution in [3.05, 3.63) is 70.0 Å². The third-order valence-electron chi connectivity index (χ3n) is 6.83. The Morgan fingerprint density at radius 2 is 1.64 bits per heavy atom. The van der Waals surface area contributed by atoms with E-state index in [1.807, 2.05) is 0 Å². The Kier molecular flexibility index (Phi) is 8.99. The molecular weight excluding hydrogens is 533 g/mol. The number of hydrogen-bond acceptors (Lipinski definition) is 3. The van der Waals surface area contributed by atoms with Crippen molar-refractivity contribution in [2.24, 2.45) is 5.92 Å². The van der Waals surface area contributed by atoms with Crippen molar-refractivity contribution in [2.45, 2.75) is 57.6 Å². The first-order valence-corrected chi connectivity index (χ1v) is 12.2. The van der Waals surface area contributed by atoms with E-state index in [1.165, 1.54) is 37.1 Å². The zero-order chi connectivity index (χ0) is 29.3. The number of carbonyl (C=O) groups is 2. The van der Waals surface area contributed by atoms with E-state index in [2.05, 4.69) is 0 Å². The Balaban J connectivity index is 1.92. The molecule has 0 spiro atoms. The van der Waals surface area contributed by atoms with Gasteiger partial charge in [0, 0.05) is 38.5 Å². The van der Waals surface area contributed by atoms with E-state index < -0.39 is 59.7 Å². The highest BCUT2D eigenvalue weighted by molar-refractivity contribution is 5.81. The summed E-state index contributed by atoms with van der Waals surface area (Å²) < 4.78 is 93.5. The number of halogens is 7. The van der Waals surface area contributed by atoms with Crippen LogP contribution in [0.4, 0.5) is 30.7 Å². The second kappa shape index (κ2) is 11.5. The molecule has 2 aromatic rings. The van der Waals surface area contributed by atoms with Crippen LogP contribution in [0.1, 0.15) is 53.5 Å². The largest absolute Gasteiger partial charge is 0.416 e. The Morgan fingerprint density at radius 1 is 1.05 bits per heavy atom. The summed E-state index contributed by atoms with van der Waals surface area (Å²) in [6, 6.07) is 5.18. The van der Waals surface area contributed by atoms with Crippen LogP contribution in [-0.2, 0) is 28.5 Å². The van der Waals surface area contributed by atoms with Crippen molar-refractivity contribution < 1.29 is 45.4 Å². The molecule has 1 aliphatic heterocycles. The molecule has 1 saturated heterocycles. The van der Waals surface area contributed by atoms with Crippen molar-refractivity contribution in [3.63, 3.8) is 0 Å². The molecule has 5 nitrogen and oxygen atoms in total. The van der Waals surface area contributed by atoms with Crippen molar-refractivity contribution >= 4 is 11.8 Å². The minimum Gasteiger partial charge on any atom is -0.393 e. The summed E-state index contributed by atoms with van der Waals surface area (Å²) in [4.78, 5) is 28.7. The van der Waals surface area contributed by atoms with Gasteiger partial charge in [-0.15, -0.1) is 0 Å². The molecule has 39 heavy (non-hydrogen) atoms. The van der Waals surface area contributed by atoms with Gasteiger partial charge >= 0.3 is 12.4 Å². The van der Waals surface area contributed by atoms with Gasteiger partial charge in [0.25, 0.3) is 0 Å². The molecule has 0 aliphatic carbocycles. The van der Waals surface area contributed by atoms with Crippen LogP contribution in [0, 0.1) is 18.7 Å². The fraction of sp³-hybridized carbons (Fsp3) is 0.481. The lowest BCUT2D eigenvalue weighted by Gasteiger charge is -2.40. The molecule has 2 aromatic carbocycles. The lowest BCUT2D eigenvalue weighted by Crippen LogP contribution is -2.48. The standard InChI is InChI=1S/C27H29F7N2O3/c1-15-8-20(28)4-5-21(15)23-14-36(24(38)9-16(2)37)7-6-22(23)25(39)35(3)13-17-10-18(26(29,30)31)12-19(11-17)27(32,33)34/h4-5,8,10-12,16,22-23,37H,6-7,9,13-14H2,1-3H3. The number of aliphatic hydroxyl groups is 1. The van der Waals surface area contributed by atoms with Gasteiger partial charge in [-0.2, -0.15) is 26.3 Å². The number of amides is 2. The van der Waals surface area contributed by atoms with Gasteiger partial charge in [0.15, 0.2) is 0 Å². The Hall–Kier alpha value is -3.15. The molecule has 1 fully saturated rings. The van der Waals surface area contributed by atoms with Gasteiger partial charge in [0.05, 0.1) is 23.7 Å². The number of nitrogens with zero attached hydrogens (tertiary/aromatic N) is 2. The van der Waals surface area contributed by atoms with E-state index in [0.717, 1.165) is 4.90 Å². The first kappa shape index (κ1) is 30.4. The molecule has 1 N–H and O–H groups in total. The minimum absolute atomic E-state index is 0.0264. The number of hydrogen-bond donors (Lipinski definition) is 1. The quantitative estimate of drug-likeness (QED) is 0.471. The normalized spacial score (nSPS) is 19.1. The number of carbonyl (C=O) groups excluding carboxylic acids is 2. The SMILES string of the molecule is Cc1cc(F)ccc1C1CN(C(=O)CC(C)O)CCC1C(=O)N(C)Cc1cc(C(F)(F)F)cc(C(F)(F)F)c1. The molecule has 214 valence electrons. The van der Waals surface area contributed by atoms with Crippen LogP contribution in [0.2, 0.25) is 0 Å². The molecule has 3 unspecified atom stereocenters. The van der Waals surface area contributed by atoms with Crippen LogP contribution in [0.3, 0.4) is 0 Å². The lowest BCUT2D eigenvalue weighted by molar-refractivity contribution is -0.143. The van der Waals surface area contributed by atoms with E-state index in [0.29, 0.717) is 23.3 Å². The summed E-state index contributed by atoms with van der Waals surface area (Å²) in [6.07, 6.45) is -10.9. The third-order valence-corrected chi connectivity index (χ3v) is 6.83. The monoisotopic (exact) mass is 562 g/mol. The van der Waals surface area contributed by atoms with Gasteiger partial charge < -0.3 is 14.9 Å². The summed E-state index contributed by atoms with van der Waals surface area (Å²) in [5.41, 5.74) is -2.17. The zero-order valence-electron chi connectivity index (χ0n) is 21.5. The first-order valence-electron chi connectivity index (χ1n) is 12.2. The maximum Gasteiger partial charge on any atom is 0.416 e. The van der Waals surface area contributed by atoms with Crippen LogP contribution in [0.5, 0.6) is 0 Å². The zero-order valence-corrected chi connectivity index (χ0v) is 21.5. The van der Waals surface area contributed by atoms with Gasteiger partial charge in [0.2, 0.25) is 11.8 Å². The van der Waals surface area contributed by atoms with Gasteiger partial charge in [-0.05, 0) is 67.3 Å². The van der Waals surface area contributed by atoms with Gasteiger partial charge in [0.1, 0.15) is 5.82 Å². The maximum atomic E-state index is 13.8. The molecule has 1 aliphatic rings. The molecule has 0 saturated carbocycles. The number of benzene rings is 2. The Labute approximate surface area is 221 Å². The van der Waals surface area contributed by atoms with Gasteiger partial charge in [-0.1, -0.05) is 6.07 Å². The minimum atomic E-state index is -5.02. The predicted molar refractivity (Wildman–Crippen MR) is 128 cm³/mol. The van der Waals surface area contributed by atoms with Crippen molar-refractivity contribution in [1.82, 2.24) is 9.80 Å². The first-order chi connectivity index (χ1) is 18.0. The molecular formula is C27H29F7N2O3. The van der Waals surface area contributed by atoms with E-state index in [9.17, 15) is 45.4 Å². The third kappa shape index (κ3) is 7.49. The molecule has 3 rings (SSSR count). The topological polar surface area (TPSA) is 60.9 Å². The number of aliphatic hydroxyl groups excluding tert-OH is 1. The Morgan fingerprint density at radius 3 is 2.15 bits per heavy atom. The van der Waals surface area contributed by atoms with Crippen LogP contribution < -0.4 is 0 Å². The second-order valence-electron chi connectivity index (χ2n) is 10.0. The Bertz CT molecular complexity index is 1180. The van der Waals surface area contributed by atoms with Crippen LogP contribution in [-0.4, -0.2) is 53.0 Å². The van der Waals surface area contributed by atoms with Gasteiger partial charge in [-0.3, -0.25) is 9.59 Å². The molecule has 12 heteroatoms. The lowest BCUT2D eigenvalue weighted by atomic mass is 9.78. The summed E-state index contributed by atoms with van der Waals surface area (Å²) in [5, 5.41) is 9.61. The smallest absolute Gasteiger partial charge is 0.393 e. The fourth-order valence-electron chi connectivity index (χ4n) is 4.97. The number of alkyl halides is 6. The van der Waals surface area contributed by atoms with E-state index in [1.54, 1.807) is 6.92 Å². The highest BCUT2D eigenvalue weighted by Gasteiger charge is 2.40. The van der Waals surface area contributed by atoms with Gasteiger partial charge in [-0.25, -0.2) is 4.39 Å². The average Bonchev–Trinajstić information content (AvgIpc) is 2.81. The number of aryl methyl sites for hydroxylation is 1. The second-order valence-corrected chi connectivity index (χ2v) is 10.0. The van der Waals surface area contributed by atoms with E-state index >= 15 is 0 Å². The molecule has 0 radical (unpaired) electrons. The highest BCUT2D eigenvalue weighted by Crippen LogP contribution is 2.38. The van der Waals surface area contributed by atoms with Crippen molar-refractivity contribution in [2.75, 3.05) is 20.1 Å².